The summed E-state index contributed by atoms with van der Waals surface area (Å²) >= 11 is 4.60. The van der Waals surface area contributed by atoms with Crippen LogP contribution < -0.4 is 10.6 Å². The molecule has 0 spiro atoms. The lowest BCUT2D eigenvalue weighted by Gasteiger charge is -2.23. The van der Waals surface area contributed by atoms with Crippen molar-refractivity contribution in [2.75, 3.05) is 17.2 Å². The van der Waals surface area contributed by atoms with Gasteiger partial charge in [0.2, 0.25) is 11.0 Å². The van der Waals surface area contributed by atoms with Crippen molar-refractivity contribution in [3.05, 3.63) is 58.6 Å². The molecule has 11 heteroatoms. The maximum Gasteiger partial charge on any atom is 0.322 e. The van der Waals surface area contributed by atoms with Crippen LogP contribution in [0.2, 0.25) is 0 Å². The first-order valence-corrected chi connectivity index (χ1v) is 10.9. The number of urea groups is 1. The topological polar surface area (TPSA) is 87.2 Å². The van der Waals surface area contributed by atoms with Gasteiger partial charge in [-0.2, -0.15) is 0 Å². The van der Waals surface area contributed by atoms with Gasteiger partial charge in [-0.1, -0.05) is 39.4 Å². The van der Waals surface area contributed by atoms with Crippen molar-refractivity contribution in [2.45, 2.75) is 18.9 Å². The molecule has 7 nitrogen and oxygen atoms in total. The minimum Gasteiger partial charge on any atom is -0.312 e. The number of carbonyl (C=O) groups excluding carboxylic acids is 2. The summed E-state index contributed by atoms with van der Waals surface area (Å²) in [4.78, 5) is 26.7. The molecule has 4 rings (SSSR count). The van der Waals surface area contributed by atoms with Crippen LogP contribution in [-0.4, -0.2) is 39.6 Å². The van der Waals surface area contributed by atoms with Crippen LogP contribution in [0.4, 0.5) is 24.4 Å². The highest BCUT2D eigenvalue weighted by atomic mass is 79.9. The van der Waals surface area contributed by atoms with Gasteiger partial charge in [-0.25, -0.2) is 13.6 Å². The third-order valence-corrected chi connectivity index (χ3v) is 6.15. The first kappa shape index (κ1) is 21.3. The number of likely N-dealkylation sites (tertiary alicyclic amines) is 1. The van der Waals surface area contributed by atoms with Crippen LogP contribution in [0, 0.1) is 11.6 Å². The first-order chi connectivity index (χ1) is 14.9. The van der Waals surface area contributed by atoms with Gasteiger partial charge in [0.15, 0.2) is 0 Å². The van der Waals surface area contributed by atoms with E-state index in [4.69, 9.17) is 0 Å². The number of rotatable bonds is 4. The smallest absolute Gasteiger partial charge is 0.312 e. The quantitative estimate of drug-likeness (QED) is 0.526. The zero-order valence-corrected chi connectivity index (χ0v) is 18.3. The third kappa shape index (κ3) is 4.88. The number of carbonyl (C=O) groups is 2. The third-order valence-electron chi connectivity index (χ3n) is 4.74. The molecule has 31 heavy (non-hydrogen) atoms. The fraction of sp³-hybridized carbons (Fsp3) is 0.200. The number of hydrogen-bond acceptors (Lipinski definition) is 5. The minimum atomic E-state index is -0.886. The van der Waals surface area contributed by atoms with Crippen LogP contribution in [-0.2, 0) is 4.79 Å². The molecule has 0 saturated carbocycles. The van der Waals surface area contributed by atoms with Gasteiger partial charge in [0.25, 0.3) is 0 Å². The van der Waals surface area contributed by atoms with Crippen LogP contribution >= 0.6 is 27.3 Å². The summed E-state index contributed by atoms with van der Waals surface area (Å²) in [5.41, 5.74) is 0.713. The number of hydrogen-bond donors (Lipinski definition) is 2. The summed E-state index contributed by atoms with van der Waals surface area (Å²) < 4.78 is 27.8. The highest BCUT2D eigenvalue weighted by Gasteiger charge is 2.35. The Morgan fingerprint density at radius 3 is 2.61 bits per heavy atom. The molecule has 2 aromatic carbocycles. The van der Waals surface area contributed by atoms with E-state index in [0.717, 1.165) is 22.2 Å². The number of nitrogens with zero attached hydrogens (tertiary/aromatic N) is 3. The van der Waals surface area contributed by atoms with Gasteiger partial charge in [-0.05, 0) is 37.1 Å². The summed E-state index contributed by atoms with van der Waals surface area (Å²) in [6.45, 7) is 0.340. The number of halogens is 3. The zero-order valence-electron chi connectivity index (χ0n) is 15.9. The summed E-state index contributed by atoms with van der Waals surface area (Å²) in [6, 6.07) is 9.04. The molecule has 1 saturated heterocycles. The van der Waals surface area contributed by atoms with Crippen LogP contribution in [0.25, 0.3) is 10.6 Å². The van der Waals surface area contributed by atoms with E-state index < -0.39 is 29.6 Å². The molecule has 1 atom stereocenters. The monoisotopic (exact) mass is 507 g/mol. The summed E-state index contributed by atoms with van der Waals surface area (Å²) in [7, 11) is 0. The fourth-order valence-electron chi connectivity index (χ4n) is 3.23. The average Bonchev–Trinajstić information content (AvgIpc) is 3.40. The highest BCUT2D eigenvalue weighted by Crippen LogP contribution is 2.28. The van der Waals surface area contributed by atoms with E-state index in [1.165, 1.54) is 16.2 Å². The Balaban J connectivity index is 1.42. The van der Waals surface area contributed by atoms with Crippen molar-refractivity contribution in [1.82, 2.24) is 15.1 Å². The molecule has 3 amide bonds. The van der Waals surface area contributed by atoms with E-state index in [0.29, 0.717) is 35.6 Å². The number of amides is 3. The molecule has 1 fully saturated rings. The van der Waals surface area contributed by atoms with Crippen LogP contribution in [0.15, 0.2) is 46.9 Å². The van der Waals surface area contributed by atoms with Gasteiger partial charge in [-0.3, -0.25) is 10.1 Å². The molecule has 0 bridgehead atoms. The molecule has 0 unspecified atom stereocenters. The molecular formula is C20H16BrF2N5O2S. The Kier molecular flexibility index (Phi) is 6.23. The molecule has 2 N–H and O–H groups in total. The van der Waals surface area contributed by atoms with E-state index in [-0.39, 0.29) is 5.69 Å². The Morgan fingerprint density at radius 2 is 1.87 bits per heavy atom. The van der Waals surface area contributed by atoms with Gasteiger partial charge in [-0.15, -0.1) is 10.2 Å². The van der Waals surface area contributed by atoms with Gasteiger partial charge in [0.1, 0.15) is 22.7 Å². The van der Waals surface area contributed by atoms with Crippen molar-refractivity contribution in [1.29, 1.82) is 0 Å². The van der Waals surface area contributed by atoms with E-state index in [1.54, 1.807) is 0 Å². The van der Waals surface area contributed by atoms with E-state index in [1.807, 2.05) is 24.3 Å². The lowest BCUT2D eigenvalue weighted by Crippen LogP contribution is -2.45. The molecule has 0 aliphatic carbocycles. The first-order valence-electron chi connectivity index (χ1n) is 9.34. The van der Waals surface area contributed by atoms with E-state index >= 15 is 0 Å². The molecule has 2 heterocycles. The number of anilines is 2. The van der Waals surface area contributed by atoms with Gasteiger partial charge >= 0.3 is 6.03 Å². The second-order valence-corrected chi connectivity index (χ2v) is 8.71. The van der Waals surface area contributed by atoms with E-state index in [9.17, 15) is 18.4 Å². The predicted molar refractivity (Wildman–Crippen MR) is 117 cm³/mol. The van der Waals surface area contributed by atoms with Gasteiger partial charge in [0.05, 0.1) is 5.69 Å². The van der Waals surface area contributed by atoms with Gasteiger partial charge < -0.3 is 10.2 Å². The minimum absolute atomic E-state index is 0.152. The standard InChI is InChI=1S/C20H16BrF2N5O2S/c21-12-5-3-11(4-6-12)18-26-27-19(31-18)25-17(29)16-2-1-9-28(16)20(30)24-15-8-7-13(22)10-14(15)23/h3-8,10,16H,1-2,9H2,(H,24,30)(H,25,27,29)/t16-/m1/s1. The molecule has 1 aromatic heterocycles. The lowest BCUT2D eigenvalue weighted by molar-refractivity contribution is -0.119. The summed E-state index contributed by atoms with van der Waals surface area (Å²) in [6.07, 6.45) is 1.08. The van der Waals surface area contributed by atoms with E-state index in [2.05, 4.69) is 36.8 Å². The molecule has 1 aliphatic rings. The fourth-order valence-corrected chi connectivity index (χ4v) is 4.25. The number of benzene rings is 2. The van der Waals surface area contributed by atoms with Crippen LogP contribution in [0.5, 0.6) is 0 Å². The van der Waals surface area contributed by atoms with Crippen LogP contribution in [0.1, 0.15) is 12.8 Å². The lowest BCUT2D eigenvalue weighted by atomic mass is 10.2. The van der Waals surface area contributed by atoms with Crippen molar-refractivity contribution >= 4 is 50.0 Å². The van der Waals surface area contributed by atoms with Gasteiger partial charge in [0, 0.05) is 22.6 Å². The van der Waals surface area contributed by atoms with Crippen molar-refractivity contribution < 1.29 is 18.4 Å². The molecule has 1 aliphatic heterocycles. The normalized spacial score (nSPS) is 15.7. The Bertz CT molecular complexity index is 1130. The molecular weight excluding hydrogens is 492 g/mol. The van der Waals surface area contributed by atoms with Crippen LogP contribution in [0.3, 0.4) is 0 Å². The molecule has 160 valence electrons. The maximum atomic E-state index is 13.8. The summed E-state index contributed by atoms with van der Waals surface area (Å²) in [5, 5.41) is 14.2. The average molecular weight is 508 g/mol. The van der Waals surface area contributed by atoms with Crippen molar-refractivity contribution in [3.63, 3.8) is 0 Å². The number of nitrogens with one attached hydrogen (secondary N) is 2. The molecule has 0 radical (unpaired) electrons. The largest absolute Gasteiger partial charge is 0.322 e. The Morgan fingerprint density at radius 1 is 1.10 bits per heavy atom. The Hall–Kier alpha value is -2.92. The zero-order chi connectivity index (χ0) is 22.0. The second-order valence-electron chi connectivity index (χ2n) is 6.81. The highest BCUT2D eigenvalue weighted by molar-refractivity contribution is 9.10. The number of aromatic nitrogens is 2. The van der Waals surface area contributed by atoms with Crippen molar-refractivity contribution in [2.24, 2.45) is 0 Å². The predicted octanol–water partition coefficient (Wildman–Crippen LogP) is 4.88. The molecule has 3 aromatic rings. The van der Waals surface area contributed by atoms with Crippen molar-refractivity contribution in [3.8, 4) is 10.6 Å². The summed E-state index contributed by atoms with van der Waals surface area (Å²) in [5.74, 6) is -2.03. The second kappa shape index (κ2) is 9.06. The SMILES string of the molecule is O=C(Nc1nnc(-c2ccc(Br)cc2)s1)[C@H]1CCCN1C(=O)Nc1ccc(F)cc1F. The maximum absolute atomic E-state index is 13.8. The Labute approximate surface area is 188 Å².